The smallest absolute Gasteiger partial charge is 0.182 e. The van der Waals surface area contributed by atoms with Gasteiger partial charge in [-0.2, -0.15) is 0 Å². The highest BCUT2D eigenvalue weighted by molar-refractivity contribution is 9.10. The van der Waals surface area contributed by atoms with Crippen molar-refractivity contribution in [3.05, 3.63) is 22.7 Å². The van der Waals surface area contributed by atoms with Crippen LogP contribution in [0.1, 0.15) is 6.92 Å². The first-order chi connectivity index (χ1) is 6.93. The van der Waals surface area contributed by atoms with E-state index in [2.05, 4.69) is 15.9 Å². The Morgan fingerprint density at radius 3 is 2.80 bits per heavy atom. The van der Waals surface area contributed by atoms with Crippen molar-refractivity contribution in [1.29, 1.82) is 0 Å². The van der Waals surface area contributed by atoms with Gasteiger partial charge in [0.15, 0.2) is 9.84 Å². The molecule has 0 saturated carbocycles. The monoisotopic (exact) mass is 289 g/mol. The molecule has 0 bridgehead atoms. The number of para-hydroxylation sites is 1. The van der Waals surface area contributed by atoms with Gasteiger partial charge in [-0.1, -0.05) is 6.07 Å². The number of rotatable bonds is 0. The van der Waals surface area contributed by atoms with Gasteiger partial charge in [-0.05, 0) is 35.0 Å². The third-order valence-corrected chi connectivity index (χ3v) is 5.32. The minimum absolute atomic E-state index is 0.0150. The molecule has 82 valence electrons. The van der Waals surface area contributed by atoms with Crippen molar-refractivity contribution in [3.8, 4) is 0 Å². The molecule has 2 rings (SSSR count). The Kier molecular flexibility index (Phi) is 2.55. The molecule has 1 aliphatic heterocycles. The molecule has 1 aliphatic rings. The highest BCUT2D eigenvalue weighted by atomic mass is 79.9. The van der Waals surface area contributed by atoms with Crippen molar-refractivity contribution in [2.75, 3.05) is 17.7 Å². The molecule has 0 aromatic heterocycles. The molecular formula is C10H12BrNO2S. The quantitative estimate of drug-likeness (QED) is 0.734. The zero-order valence-corrected chi connectivity index (χ0v) is 11.0. The van der Waals surface area contributed by atoms with Crippen molar-refractivity contribution in [1.82, 2.24) is 0 Å². The number of halogens is 1. The molecule has 0 radical (unpaired) electrons. The lowest BCUT2D eigenvalue weighted by Crippen LogP contribution is -2.40. The second kappa shape index (κ2) is 3.49. The first kappa shape index (κ1) is 11.0. The van der Waals surface area contributed by atoms with E-state index in [1.807, 2.05) is 24.9 Å². The van der Waals surface area contributed by atoms with E-state index < -0.39 is 9.84 Å². The van der Waals surface area contributed by atoms with Gasteiger partial charge in [-0.25, -0.2) is 8.42 Å². The van der Waals surface area contributed by atoms with Crippen LogP contribution in [0.4, 0.5) is 5.69 Å². The Balaban J connectivity index is 2.75. The van der Waals surface area contributed by atoms with E-state index in [9.17, 15) is 8.42 Å². The third-order valence-electron chi connectivity index (χ3n) is 2.76. The standard InChI is InChI=1S/C10H12BrNO2S/c1-7-6-15(13,14)9-5-3-4-8(11)10(9)12(7)2/h3-5,7H,6H2,1-2H3. The molecule has 1 atom stereocenters. The number of nitrogens with zero attached hydrogens (tertiary/aromatic N) is 1. The number of sulfone groups is 1. The molecule has 0 aliphatic carbocycles. The van der Waals surface area contributed by atoms with Gasteiger partial charge < -0.3 is 4.90 Å². The molecule has 3 nitrogen and oxygen atoms in total. The molecular weight excluding hydrogens is 278 g/mol. The predicted octanol–water partition coefficient (Wildman–Crippen LogP) is 2.06. The Hall–Kier alpha value is -0.550. The maximum Gasteiger partial charge on any atom is 0.182 e. The van der Waals surface area contributed by atoms with Gasteiger partial charge >= 0.3 is 0 Å². The molecule has 1 aromatic carbocycles. The molecule has 0 N–H and O–H groups in total. The van der Waals surface area contributed by atoms with Crippen molar-refractivity contribution in [2.45, 2.75) is 17.9 Å². The number of hydrogen-bond acceptors (Lipinski definition) is 3. The molecule has 0 spiro atoms. The average molecular weight is 290 g/mol. The Morgan fingerprint density at radius 2 is 2.13 bits per heavy atom. The van der Waals surface area contributed by atoms with E-state index in [1.54, 1.807) is 12.1 Å². The maximum absolute atomic E-state index is 11.9. The fraction of sp³-hybridized carbons (Fsp3) is 0.400. The minimum atomic E-state index is -3.12. The van der Waals surface area contributed by atoms with Gasteiger partial charge in [-0.3, -0.25) is 0 Å². The Labute approximate surface area is 98.1 Å². The summed E-state index contributed by atoms with van der Waals surface area (Å²) in [6.07, 6.45) is 0. The summed E-state index contributed by atoms with van der Waals surface area (Å²) in [7, 11) is -1.20. The van der Waals surface area contributed by atoms with Gasteiger partial charge in [0, 0.05) is 17.6 Å². The first-order valence-corrected chi connectivity index (χ1v) is 7.12. The van der Waals surface area contributed by atoms with Gasteiger partial charge in [0.2, 0.25) is 0 Å². The SMILES string of the molecule is CC1CS(=O)(=O)c2cccc(Br)c2N1C. The zero-order valence-electron chi connectivity index (χ0n) is 8.57. The van der Waals surface area contributed by atoms with Crippen LogP contribution in [-0.2, 0) is 9.84 Å². The van der Waals surface area contributed by atoms with E-state index in [0.717, 1.165) is 10.2 Å². The molecule has 1 aromatic rings. The highest BCUT2D eigenvalue weighted by Gasteiger charge is 2.32. The van der Waals surface area contributed by atoms with Crippen LogP contribution in [0.2, 0.25) is 0 Å². The lowest BCUT2D eigenvalue weighted by molar-refractivity contribution is 0.579. The highest BCUT2D eigenvalue weighted by Crippen LogP contribution is 2.37. The van der Waals surface area contributed by atoms with E-state index in [1.165, 1.54) is 0 Å². The topological polar surface area (TPSA) is 37.4 Å². The summed E-state index contributed by atoms with van der Waals surface area (Å²) in [5.41, 5.74) is 0.774. The summed E-state index contributed by atoms with van der Waals surface area (Å²) in [5, 5.41) is 0. The van der Waals surface area contributed by atoms with Crippen molar-refractivity contribution in [3.63, 3.8) is 0 Å². The van der Waals surface area contributed by atoms with E-state index in [4.69, 9.17) is 0 Å². The van der Waals surface area contributed by atoms with Gasteiger partial charge in [0.25, 0.3) is 0 Å². The lowest BCUT2D eigenvalue weighted by atomic mass is 10.2. The normalized spacial score (nSPS) is 23.7. The second-order valence-corrected chi connectivity index (χ2v) is 6.68. The predicted molar refractivity (Wildman–Crippen MR) is 64.1 cm³/mol. The van der Waals surface area contributed by atoms with Gasteiger partial charge in [0.1, 0.15) is 0 Å². The van der Waals surface area contributed by atoms with Crippen molar-refractivity contribution < 1.29 is 8.42 Å². The van der Waals surface area contributed by atoms with Crippen LogP contribution in [0, 0.1) is 0 Å². The first-order valence-electron chi connectivity index (χ1n) is 4.67. The van der Waals surface area contributed by atoms with Gasteiger partial charge in [-0.15, -0.1) is 0 Å². The number of fused-ring (bicyclic) bond motifs is 1. The largest absolute Gasteiger partial charge is 0.369 e. The van der Waals surface area contributed by atoms with Crippen LogP contribution in [0.25, 0.3) is 0 Å². The fourth-order valence-corrected chi connectivity index (χ4v) is 4.48. The molecule has 1 heterocycles. The van der Waals surface area contributed by atoms with Crippen LogP contribution < -0.4 is 4.90 Å². The average Bonchev–Trinajstić information content (AvgIpc) is 2.14. The van der Waals surface area contributed by atoms with Crippen LogP contribution in [0.15, 0.2) is 27.6 Å². The molecule has 0 saturated heterocycles. The summed E-state index contributed by atoms with van der Waals surface area (Å²) in [5.74, 6) is 0.187. The van der Waals surface area contributed by atoms with Crippen LogP contribution >= 0.6 is 15.9 Å². The Bertz CT molecular complexity index is 498. The van der Waals surface area contributed by atoms with E-state index in [0.29, 0.717) is 4.90 Å². The van der Waals surface area contributed by atoms with Crippen molar-refractivity contribution in [2.24, 2.45) is 0 Å². The number of anilines is 1. The summed E-state index contributed by atoms with van der Waals surface area (Å²) in [6, 6.07) is 5.30. The summed E-state index contributed by atoms with van der Waals surface area (Å²) in [4.78, 5) is 2.43. The third kappa shape index (κ3) is 1.67. The molecule has 15 heavy (non-hydrogen) atoms. The van der Waals surface area contributed by atoms with Crippen LogP contribution in [0.5, 0.6) is 0 Å². The fourth-order valence-electron chi connectivity index (χ4n) is 1.83. The summed E-state index contributed by atoms with van der Waals surface area (Å²) in [6.45, 7) is 1.92. The minimum Gasteiger partial charge on any atom is -0.369 e. The second-order valence-electron chi connectivity index (χ2n) is 3.83. The molecule has 1 unspecified atom stereocenters. The van der Waals surface area contributed by atoms with Crippen LogP contribution in [-0.4, -0.2) is 27.3 Å². The zero-order chi connectivity index (χ0) is 11.2. The summed E-state index contributed by atoms with van der Waals surface area (Å²) >= 11 is 3.40. The van der Waals surface area contributed by atoms with Gasteiger partial charge in [0.05, 0.1) is 16.3 Å². The molecule has 0 amide bonds. The number of benzene rings is 1. The van der Waals surface area contributed by atoms with E-state index >= 15 is 0 Å². The molecule has 0 fully saturated rings. The van der Waals surface area contributed by atoms with Crippen molar-refractivity contribution >= 4 is 31.5 Å². The van der Waals surface area contributed by atoms with Crippen LogP contribution in [0.3, 0.4) is 0 Å². The maximum atomic E-state index is 11.9. The summed E-state index contributed by atoms with van der Waals surface area (Å²) < 4.78 is 24.7. The molecule has 5 heteroatoms. The number of hydrogen-bond donors (Lipinski definition) is 0. The lowest BCUT2D eigenvalue weighted by Gasteiger charge is -2.34. The van der Waals surface area contributed by atoms with E-state index in [-0.39, 0.29) is 11.8 Å². The Morgan fingerprint density at radius 1 is 1.47 bits per heavy atom.